The summed E-state index contributed by atoms with van der Waals surface area (Å²) in [5, 5.41) is 13.8. The van der Waals surface area contributed by atoms with Gasteiger partial charge < -0.3 is 10.1 Å². The Morgan fingerprint density at radius 2 is 1.75 bits per heavy atom. The zero-order chi connectivity index (χ0) is 19.8. The number of benzene rings is 1. The minimum atomic E-state index is -4.65. The fourth-order valence-electron chi connectivity index (χ4n) is 3.45. The molecule has 6 nitrogen and oxygen atoms in total. The first kappa shape index (κ1) is 18.6. The standard InChI is InChI=1S/C18H17F4N5O/c19-13-3-1-12(2-4-13)17(7-9-28-10-8-17)11-23-14-5-6-15-24-25-16(18(20,21)22)27(15)26-14/h1-6H,7-11H2,(H,23,26). The van der Waals surface area contributed by atoms with E-state index in [0.717, 1.165) is 5.56 Å². The van der Waals surface area contributed by atoms with Crippen LogP contribution in [0.5, 0.6) is 0 Å². The molecule has 0 radical (unpaired) electrons. The van der Waals surface area contributed by atoms with E-state index >= 15 is 0 Å². The van der Waals surface area contributed by atoms with Crippen LogP contribution in [0, 0.1) is 5.82 Å². The van der Waals surface area contributed by atoms with E-state index in [4.69, 9.17) is 4.74 Å². The maximum Gasteiger partial charge on any atom is 0.453 e. The summed E-state index contributed by atoms with van der Waals surface area (Å²) in [7, 11) is 0. The summed E-state index contributed by atoms with van der Waals surface area (Å²) in [6.07, 6.45) is -3.25. The van der Waals surface area contributed by atoms with Crippen LogP contribution in [0.1, 0.15) is 24.2 Å². The van der Waals surface area contributed by atoms with Gasteiger partial charge in [0.2, 0.25) is 0 Å². The molecule has 1 N–H and O–H groups in total. The maximum atomic E-state index is 13.3. The number of aromatic nitrogens is 4. The van der Waals surface area contributed by atoms with E-state index in [2.05, 4.69) is 20.6 Å². The molecule has 0 spiro atoms. The molecule has 1 aromatic carbocycles. The van der Waals surface area contributed by atoms with Gasteiger partial charge in [0, 0.05) is 25.2 Å². The molecule has 0 atom stereocenters. The lowest BCUT2D eigenvalue weighted by Gasteiger charge is -2.38. The number of nitrogens with zero attached hydrogens (tertiary/aromatic N) is 4. The van der Waals surface area contributed by atoms with E-state index in [-0.39, 0.29) is 22.7 Å². The average Bonchev–Trinajstić information content (AvgIpc) is 3.11. The number of nitrogens with one attached hydrogen (secondary N) is 1. The van der Waals surface area contributed by atoms with Gasteiger partial charge in [0.15, 0.2) is 5.65 Å². The van der Waals surface area contributed by atoms with Crippen LogP contribution in [0.15, 0.2) is 36.4 Å². The summed E-state index contributed by atoms with van der Waals surface area (Å²) in [5.41, 5.74) is 0.631. The lowest BCUT2D eigenvalue weighted by Crippen LogP contribution is -2.40. The van der Waals surface area contributed by atoms with Crippen molar-refractivity contribution >= 4 is 11.5 Å². The Morgan fingerprint density at radius 1 is 1.04 bits per heavy atom. The third kappa shape index (κ3) is 3.51. The van der Waals surface area contributed by atoms with Crippen molar-refractivity contribution in [3.8, 4) is 0 Å². The highest BCUT2D eigenvalue weighted by atomic mass is 19.4. The molecule has 1 fully saturated rings. The lowest BCUT2D eigenvalue weighted by atomic mass is 9.74. The fraction of sp³-hybridized carbons (Fsp3) is 0.389. The first-order valence-corrected chi connectivity index (χ1v) is 8.75. The van der Waals surface area contributed by atoms with Crippen molar-refractivity contribution < 1.29 is 22.3 Å². The number of halogens is 4. The van der Waals surface area contributed by atoms with E-state index < -0.39 is 12.0 Å². The van der Waals surface area contributed by atoms with Gasteiger partial charge in [0.1, 0.15) is 11.6 Å². The van der Waals surface area contributed by atoms with Crippen LogP contribution in [-0.4, -0.2) is 39.6 Å². The van der Waals surface area contributed by atoms with Gasteiger partial charge in [-0.15, -0.1) is 15.3 Å². The molecule has 2 aromatic heterocycles. The highest BCUT2D eigenvalue weighted by Gasteiger charge is 2.38. The number of fused-ring (bicyclic) bond motifs is 1. The zero-order valence-corrected chi connectivity index (χ0v) is 14.7. The molecule has 0 unspecified atom stereocenters. The van der Waals surface area contributed by atoms with Crippen LogP contribution in [0.2, 0.25) is 0 Å². The van der Waals surface area contributed by atoms with Crippen LogP contribution in [0.3, 0.4) is 0 Å². The molecule has 0 saturated carbocycles. The van der Waals surface area contributed by atoms with Gasteiger partial charge in [-0.25, -0.2) is 4.39 Å². The first-order chi connectivity index (χ1) is 13.4. The summed E-state index contributed by atoms with van der Waals surface area (Å²) in [6, 6.07) is 9.27. The van der Waals surface area contributed by atoms with Crippen molar-refractivity contribution in [2.75, 3.05) is 25.1 Å². The molecule has 148 valence electrons. The van der Waals surface area contributed by atoms with Crippen molar-refractivity contribution in [2.45, 2.75) is 24.4 Å². The molecule has 1 saturated heterocycles. The Kier molecular flexibility index (Phi) is 4.66. The van der Waals surface area contributed by atoms with Crippen LogP contribution in [-0.2, 0) is 16.3 Å². The highest BCUT2D eigenvalue weighted by molar-refractivity contribution is 5.45. The third-order valence-electron chi connectivity index (χ3n) is 5.03. The summed E-state index contributed by atoms with van der Waals surface area (Å²) >= 11 is 0. The maximum absolute atomic E-state index is 13.3. The van der Waals surface area contributed by atoms with Gasteiger partial charge in [0.25, 0.3) is 5.82 Å². The largest absolute Gasteiger partial charge is 0.453 e. The topological polar surface area (TPSA) is 64.3 Å². The number of hydrogen-bond donors (Lipinski definition) is 1. The van der Waals surface area contributed by atoms with E-state index in [1.54, 1.807) is 18.2 Å². The first-order valence-electron chi connectivity index (χ1n) is 8.75. The minimum Gasteiger partial charge on any atom is -0.381 e. The summed E-state index contributed by atoms with van der Waals surface area (Å²) < 4.78 is 58.6. The number of anilines is 1. The molecular formula is C18H17F4N5O. The van der Waals surface area contributed by atoms with Crippen LogP contribution < -0.4 is 5.32 Å². The lowest BCUT2D eigenvalue weighted by molar-refractivity contribution is -0.146. The second kappa shape index (κ2) is 7.01. The minimum absolute atomic E-state index is 0.0113. The Labute approximate surface area is 157 Å². The number of hydrogen-bond acceptors (Lipinski definition) is 5. The third-order valence-corrected chi connectivity index (χ3v) is 5.03. The molecule has 1 aliphatic heterocycles. The number of alkyl halides is 3. The quantitative estimate of drug-likeness (QED) is 0.686. The van der Waals surface area contributed by atoms with Crippen molar-refractivity contribution in [1.29, 1.82) is 0 Å². The van der Waals surface area contributed by atoms with Crippen molar-refractivity contribution in [2.24, 2.45) is 0 Å². The molecule has 0 aliphatic carbocycles. The van der Waals surface area contributed by atoms with Gasteiger partial charge in [-0.3, -0.25) is 0 Å². The highest BCUT2D eigenvalue weighted by Crippen LogP contribution is 2.35. The van der Waals surface area contributed by atoms with Crippen molar-refractivity contribution in [1.82, 2.24) is 19.8 Å². The second-order valence-corrected chi connectivity index (χ2v) is 6.76. The van der Waals surface area contributed by atoms with E-state index in [9.17, 15) is 17.6 Å². The Morgan fingerprint density at radius 3 is 2.43 bits per heavy atom. The molecule has 0 bridgehead atoms. The second-order valence-electron chi connectivity index (χ2n) is 6.76. The molecule has 3 aromatic rings. The molecular weight excluding hydrogens is 378 g/mol. The molecule has 28 heavy (non-hydrogen) atoms. The van der Waals surface area contributed by atoms with Gasteiger partial charge in [-0.2, -0.15) is 17.7 Å². The molecule has 0 amide bonds. The SMILES string of the molecule is Fc1ccc(C2(CNc3ccc4nnc(C(F)(F)F)n4n3)CCOCC2)cc1. The predicted octanol–water partition coefficient (Wildman–Crippen LogP) is 3.44. The monoisotopic (exact) mass is 395 g/mol. The molecule has 1 aliphatic rings. The van der Waals surface area contributed by atoms with Gasteiger partial charge in [0.05, 0.1) is 0 Å². The Balaban J connectivity index is 1.61. The van der Waals surface area contributed by atoms with Gasteiger partial charge in [-0.1, -0.05) is 12.1 Å². The summed E-state index contributed by atoms with van der Waals surface area (Å²) in [4.78, 5) is 0. The fourth-order valence-corrected chi connectivity index (χ4v) is 3.45. The number of rotatable bonds is 4. The smallest absolute Gasteiger partial charge is 0.381 e. The van der Waals surface area contributed by atoms with Crippen LogP contribution in [0.4, 0.5) is 23.4 Å². The van der Waals surface area contributed by atoms with E-state index in [1.165, 1.54) is 18.2 Å². The Hall–Kier alpha value is -2.75. The molecule has 10 heteroatoms. The van der Waals surface area contributed by atoms with E-state index in [1.807, 2.05) is 0 Å². The average molecular weight is 395 g/mol. The summed E-state index contributed by atoms with van der Waals surface area (Å²) in [5.74, 6) is -1.23. The molecule has 3 heterocycles. The Bertz CT molecular complexity index is 964. The van der Waals surface area contributed by atoms with Gasteiger partial charge >= 0.3 is 6.18 Å². The van der Waals surface area contributed by atoms with Crippen LogP contribution >= 0.6 is 0 Å². The van der Waals surface area contributed by atoms with Crippen molar-refractivity contribution in [3.05, 3.63) is 53.6 Å². The molecule has 4 rings (SSSR count). The van der Waals surface area contributed by atoms with Crippen LogP contribution in [0.25, 0.3) is 5.65 Å². The predicted molar refractivity (Wildman–Crippen MR) is 92.4 cm³/mol. The summed E-state index contributed by atoms with van der Waals surface area (Å²) in [6.45, 7) is 1.52. The van der Waals surface area contributed by atoms with Gasteiger partial charge in [-0.05, 0) is 42.7 Å². The van der Waals surface area contributed by atoms with E-state index in [0.29, 0.717) is 37.1 Å². The normalized spacial score (nSPS) is 17.0. The zero-order valence-electron chi connectivity index (χ0n) is 14.7. The number of ether oxygens (including phenoxy) is 1. The van der Waals surface area contributed by atoms with Crippen molar-refractivity contribution in [3.63, 3.8) is 0 Å².